The highest BCUT2D eigenvalue weighted by Crippen LogP contribution is 2.24. The highest BCUT2D eigenvalue weighted by molar-refractivity contribution is 6.26. The van der Waals surface area contributed by atoms with Gasteiger partial charge in [-0.1, -0.05) is 80.4 Å². The first-order valence-corrected chi connectivity index (χ1v) is 8.48. The average Bonchev–Trinajstić information content (AvgIpc) is 2.53. The maximum Gasteiger partial charge on any atom is 0.229 e. The predicted octanol–water partition coefficient (Wildman–Crippen LogP) is 4.67. The van der Waals surface area contributed by atoms with Crippen LogP contribution in [-0.2, 0) is 4.43 Å². The van der Waals surface area contributed by atoms with Gasteiger partial charge >= 0.3 is 0 Å². The van der Waals surface area contributed by atoms with Crippen LogP contribution in [0, 0.1) is 0 Å². The van der Waals surface area contributed by atoms with Crippen molar-refractivity contribution in [2.24, 2.45) is 0 Å². The molecule has 0 aliphatic carbocycles. The topological polar surface area (TPSA) is 9.23 Å². The van der Waals surface area contributed by atoms with E-state index in [0.29, 0.717) is 15.7 Å². The van der Waals surface area contributed by atoms with Gasteiger partial charge in [0.05, 0.1) is 0 Å². The molecular weight excluding hydrogens is 260 g/mol. The second-order valence-corrected chi connectivity index (χ2v) is 6.01. The van der Waals surface area contributed by atoms with E-state index in [-0.39, 0.29) is 0 Å². The lowest BCUT2D eigenvalue weighted by Gasteiger charge is -2.18. The monoisotopic (exact) mass is 282 g/mol. The highest BCUT2D eigenvalue weighted by Gasteiger charge is 2.13. The van der Waals surface area contributed by atoms with Gasteiger partial charge in [-0.3, -0.25) is 0 Å². The summed E-state index contributed by atoms with van der Waals surface area (Å²) in [6, 6.07) is 22.5. The summed E-state index contributed by atoms with van der Waals surface area (Å²) in [6.45, 7) is 3.00. The molecule has 0 bridgehead atoms. The molecule has 104 valence electrons. The standard InChI is InChI=1S/C18H22OSi/c1-2-3-14-20-19-15-18(16-10-6-4-7-11-16)17-12-8-5-9-13-17/h4-13,18H,2-3,14-15H2,1H3. The van der Waals surface area contributed by atoms with Crippen molar-refractivity contribution in [1.82, 2.24) is 0 Å². The van der Waals surface area contributed by atoms with Gasteiger partial charge in [0, 0.05) is 12.5 Å². The number of benzene rings is 2. The Bertz CT molecular complexity index is 430. The van der Waals surface area contributed by atoms with Crippen LogP contribution >= 0.6 is 0 Å². The summed E-state index contributed by atoms with van der Waals surface area (Å²) < 4.78 is 5.93. The van der Waals surface area contributed by atoms with Crippen molar-refractivity contribution < 1.29 is 4.43 Å². The van der Waals surface area contributed by atoms with E-state index in [2.05, 4.69) is 67.6 Å². The van der Waals surface area contributed by atoms with Gasteiger partial charge in [0.2, 0.25) is 9.76 Å². The van der Waals surface area contributed by atoms with Gasteiger partial charge in [-0.25, -0.2) is 0 Å². The maximum atomic E-state index is 5.93. The van der Waals surface area contributed by atoms with Crippen LogP contribution in [0.4, 0.5) is 0 Å². The third-order valence-corrected chi connectivity index (χ3v) is 4.32. The van der Waals surface area contributed by atoms with Crippen LogP contribution in [0.3, 0.4) is 0 Å². The number of hydrogen-bond acceptors (Lipinski definition) is 1. The molecule has 2 heteroatoms. The fourth-order valence-electron chi connectivity index (χ4n) is 2.22. The minimum atomic E-state index is 0.339. The lowest BCUT2D eigenvalue weighted by molar-refractivity contribution is 0.318. The SMILES string of the molecule is CCCC[Si]OCC(c1ccccc1)c1ccccc1. The molecule has 2 aromatic rings. The quantitative estimate of drug-likeness (QED) is 0.505. The summed E-state index contributed by atoms with van der Waals surface area (Å²) in [7, 11) is 0.622. The van der Waals surface area contributed by atoms with E-state index in [1.807, 2.05) is 0 Å². The molecule has 0 saturated heterocycles. The molecule has 0 amide bonds. The zero-order chi connectivity index (χ0) is 14.0. The summed E-state index contributed by atoms with van der Waals surface area (Å²) in [6.07, 6.45) is 2.51. The molecule has 2 radical (unpaired) electrons. The van der Waals surface area contributed by atoms with Crippen LogP contribution in [0.5, 0.6) is 0 Å². The smallest absolute Gasteiger partial charge is 0.229 e. The van der Waals surface area contributed by atoms with Crippen molar-refractivity contribution in [3.63, 3.8) is 0 Å². The van der Waals surface area contributed by atoms with E-state index in [1.165, 1.54) is 30.0 Å². The fraction of sp³-hybridized carbons (Fsp3) is 0.333. The molecule has 0 spiro atoms. The maximum absolute atomic E-state index is 5.93. The van der Waals surface area contributed by atoms with Crippen LogP contribution in [0.2, 0.25) is 6.04 Å². The zero-order valence-electron chi connectivity index (χ0n) is 12.1. The van der Waals surface area contributed by atoms with Crippen LogP contribution < -0.4 is 0 Å². The molecule has 2 aromatic carbocycles. The van der Waals surface area contributed by atoms with E-state index in [9.17, 15) is 0 Å². The fourth-order valence-corrected chi connectivity index (χ4v) is 3.15. The Morgan fingerprint density at radius 1 is 0.900 bits per heavy atom. The Balaban J connectivity index is 2.02. The molecule has 0 atom stereocenters. The summed E-state index contributed by atoms with van der Waals surface area (Å²) >= 11 is 0. The van der Waals surface area contributed by atoms with Crippen LogP contribution in [0.15, 0.2) is 60.7 Å². The molecule has 0 heterocycles. The Kier molecular flexibility index (Phi) is 6.55. The summed E-state index contributed by atoms with van der Waals surface area (Å²) in [5.74, 6) is 0.339. The Morgan fingerprint density at radius 2 is 1.45 bits per heavy atom. The number of hydrogen-bond donors (Lipinski definition) is 0. The van der Waals surface area contributed by atoms with Crippen LogP contribution in [0.25, 0.3) is 0 Å². The Hall–Kier alpha value is -1.38. The summed E-state index contributed by atoms with van der Waals surface area (Å²) in [5.41, 5.74) is 2.66. The van der Waals surface area contributed by atoms with E-state index >= 15 is 0 Å². The average molecular weight is 282 g/mol. The second kappa shape index (κ2) is 8.72. The van der Waals surface area contributed by atoms with Gasteiger partial charge in [-0.05, 0) is 17.2 Å². The van der Waals surface area contributed by atoms with Crippen molar-refractivity contribution in [2.45, 2.75) is 31.7 Å². The van der Waals surface area contributed by atoms with Crippen LogP contribution in [-0.4, -0.2) is 16.4 Å². The normalized spacial score (nSPS) is 10.9. The van der Waals surface area contributed by atoms with Crippen molar-refractivity contribution in [2.75, 3.05) is 6.61 Å². The van der Waals surface area contributed by atoms with Crippen molar-refractivity contribution in [3.05, 3.63) is 71.8 Å². The molecular formula is C18H22OSi. The van der Waals surface area contributed by atoms with Gasteiger partial charge < -0.3 is 4.43 Å². The van der Waals surface area contributed by atoms with Crippen LogP contribution in [0.1, 0.15) is 36.8 Å². The Morgan fingerprint density at radius 3 is 1.95 bits per heavy atom. The first-order valence-electron chi connectivity index (χ1n) is 7.36. The predicted molar refractivity (Wildman–Crippen MR) is 86.1 cm³/mol. The molecule has 0 aliphatic heterocycles. The molecule has 0 unspecified atom stereocenters. The molecule has 20 heavy (non-hydrogen) atoms. The first kappa shape index (κ1) is 15.0. The Labute approximate surface area is 124 Å². The molecule has 0 N–H and O–H groups in total. The molecule has 0 aromatic heterocycles. The minimum Gasteiger partial charge on any atom is -0.416 e. The number of unbranched alkanes of at least 4 members (excludes halogenated alkanes) is 1. The summed E-state index contributed by atoms with van der Waals surface area (Å²) in [5, 5.41) is 0. The molecule has 2 rings (SSSR count). The molecule has 1 nitrogen and oxygen atoms in total. The summed E-state index contributed by atoms with van der Waals surface area (Å²) in [4.78, 5) is 0. The zero-order valence-corrected chi connectivity index (χ0v) is 13.1. The minimum absolute atomic E-state index is 0.339. The lowest BCUT2D eigenvalue weighted by atomic mass is 9.92. The third-order valence-electron chi connectivity index (χ3n) is 3.39. The van der Waals surface area contributed by atoms with E-state index in [1.54, 1.807) is 0 Å². The van der Waals surface area contributed by atoms with Gasteiger partial charge in [-0.15, -0.1) is 0 Å². The number of rotatable bonds is 8. The highest BCUT2D eigenvalue weighted by atomic mass is 28.2. The van der Waals surface area contributed by atoms with Gasteiger partial charge in [0.1, 0.15) is 0 Å². The molecule has 0 saturated carbocycles. The lowest BCUT2D eigenvalue weighted by Crippen LogP contribution is -2.11. The molecule has 0 fully saturated rings. The van der Waals surface area contributed by atoms with Gasteiger partial charge in [0.15, 0.2) is 0 Å². The van der Waals surface area contributed by atoms with Gasteiger partial charge in [-0.2, -0.15) is 0 Å². The van der Waals surface area contributed by atoms with E-state index < -0.39 is 0 Å². The van der Waals surface area contributed by atoms with Crippen molar-refractivity contribution in [1.29, 1.82) is 0 Å². The van der Waals surface area contributed by atoms with Crippen molar-refractivity contribution in [3.8, 4) is 0 Å². The van der Waals surface area contributed by atoms with E-state index in [0.717, 1.165) is 6.61 Å². The second-order valence-electron chi connectivity index (χ2n) is 4.93. The van der Waals surface area contributed by atoms with Crippen molar-refractivity contribution >= 4 is 9.76 Å². The first-order chi connectivity index (χ1) is 9.92. The van der Waals surface area contributed by atoms with Gasteiger partial charge in [0.25, 0.3) is 0 Å². The largest absolute Gasteiger partial charge is 0.416 e. The third kappa shape index (κ3) is 4.62. The molecule has 0 aliphatic rings. The van der Waals surface area contributed by atoms with E-state index in [4.69, 9.17) is 4.43 Å².